The Hall–Kier alpha value is -2.93. The van der Waals surface area contributed by atoms with E-state index in [1.54, 1.807) is 10.9 Å². The zero-order chi connectivity index (χ0) is 20.2. The molecule has 1 saturated carbocycles. The van der Waals surface area contributed by atoms with Crippen molar-refractivity contribution in [1.29, 1.82) is 0 Å². The quantitative estimate of drug-likeness (QED) is 0.691. The highest BCUT2D eigenvalue weighted by molar-refractivity contribution is 6.30. The first-order valence-electron chi connectivity index (χ1n) is 9.65. The number of rotatable bonds is 5. The fourth-order valence-electron chi connectivity index (χ4n) is 3.56. The second-order valence-corrected chi connectivity index (χ2v) is 7.58. The average molecular weight is 412 g/mol. The summed E-state index contributed by atoms with van der Waals surface area (Å²) in [6, 6.07) is 10.2. The average Bonchev–Trinajstić information content (AvgIpc) is 3.13. The molecular weight excluding hydrogens is 390 g/mol. The topological polar surface area (TPSA) is 81.9 Å². The molecule has 0 atom stereocenters. The lowest BCUT2D eigenvalue weighted by Gasteiger charge is -2.28. The van der Waals surface area contributed by atoms with Crippen molar-refractivity contribution >= 4 is 17.5 Å². The fourth-order valence-corrected chi connectivity index (χ4v) is 3.66. The minimum Gasteiger partial charge on any atom is -0.460 e. The molecule has 0 spiro atoms. The normalized spacial score (nSPS) is 19.0. The molecule has 2 heterocycles. The highest BCUT2D eigenvalue weighted by atomic mass is 35.5. The Morgan fingerprint density at radius 3 is 2.48 bits per heavy atom. The number of hydrogen-bond donors (Lipinski definition) is 1. The van der Waals surface area contributed by atoms with E-state index in [4.69, 9.17) is 16.3 Å². The summed E-state index contributed by atoms with van der Waals surface area (Å²) in [6.45, 7) is 1.91. The number of hydrogen-bond acceptors (Lipinski definition) is 5. The molecule has 1 aliphatic carbocycles. The number of ether oxygens (including phenoxy) is 1. The van der Waals surface area contributed by atoms with Crippen molar-refractivity contribution in [2.75, 3.05) is 0 Å². The molecule has 1 fully saturated rings. The van der Waals surface area contributed by atoms with Crippen molar-refractivity contribution < 1.29 is 9.53 Å². The largest absolute Gasteiger partial charge is 0.460 e. The van der Waals surface area contributed by atoms with Gasteiger partial charge in [-0.3, -0.25) is 4.79 Å². The van der Waals surface area contributed by atoms with Crippen LogP contribution >= 0.6 is 11.6 Å². The van der Waals surface area contributed by atoms with E-state index in [0.717, 1.165) is 37.1 Å². The van der Waals surface area contributed by atoms with Crippen LogP contribution in [-0.4, -0.2) is 37.8 Å². The molecule has 150 valence electrons. The van der Waals surface area contributed by atoms with Crippen molar-refractivity contribution in [3.63, 3.8) is 0 Å². The fraction of sp³-hybridized carbons (Fsp3) is 0.333. The number of nitrogens with one attached hydrogen (secondary N) is 1. The van der Waals surface area contributed by atoms with Crippen LogP contribution in [0.4, 0.5) is 0 Å². The predicted molar refractivity (Wildman–Crippen MR) is 109 cm³/mol. The third kappa shape index (κ3) is 4.56. The summed E-state index contributed by atoms with van der Waals surface area (Å²) in [7, 11) is 0. The molecule has 1 amide bonds. The maximum Gasteiger partial charge on any atom is 0.316 e. The summed E-state index contributed by atoms with van der Waals surface area (Å²) in [6.07, 6.45) is 8.07. The molecule has 29 heavy (non-hydrogen) atoms. The summed E-state index contributed by atoms with van der Waals surface area (Å²) >= 11 is 5.79. The van der Waals surface area contributed by atoms with Crippen LogP contribution in [0.3, 0.4) is 0 Å². The zero-order valence-electron chi connectivity index (χ0n) is 16.1. The highest BCUT2D eigenvalue weighted by Crippen LogP contribution is 2.23. The van der Waals surface area contributed by atoms with E-state index in [0.29, 0.717) is 16.6 Å². The van der Waals surface area contributed by atoms with Crippen LogP contribution in [0, 0.1) is 6.92 Å². The van der Waals surface area contributed by atoms with Crippen LogP contribution in [0.1, 0.15) is 41.7 Å². The van der Waals surface area contributed by atoms with E-state index >= 15 is 0 Å². The Kier molecular flexibility index (Phi) is 5.76. The van der Waals surface area contributed by atoms with E-state index < -0.39 is 0 Å². The lowest BCUT2D eigenvalue weighted by molar-refractivity contribution is 0.0884. The Bertz CT molecular complexity index is 966. The summed E-state index contributed by atoms with van der Waals surface area (Å²) in [5, 5.41) is 8.00. The molecule has 1 N–H and O–H groups in total. The lowest BCUT2D eigenvalue weighted by atomic mass is 9.93. The molecule has 0 bridgehead atoms. The molecule has 1 aromatic carbocycles. The number of amides is 1. The van der Waals surface area contributed by atoms with Crippen molar-refractivity contribution in [2.24, 2.45) is 0 Å². The lowest BCUT2D eigenvalue weighted by Crippen LogP contribution is -2.40. The van der Waals surface area contributed by atoms with Crippen LogP contribution in [-0.2, 0) is 0 Å². The molecule has 0 radical (unpaired) electrons. The summed E-state index contributed by atoms with van der Waals surface area (Å²) in [5.74, 6) is -0.0879. The number of nitrogens with zero attached hydrogens (tertiary/aromatic N) is 4. The third-order valence-electron chi connectivity index (χ3n) is 5.13. The van der Waals surface area contributed by atoms with Gasteiger partial charge in [-0.1, -0.05) is 29.8 Å². The molecule has 7 nitrogen and oxygen atoms in total. The molecule has 4 rings (SSSR count). The van der Waals surface area contributed by atoms with Crippen molar-refractivity contribution in [3.05, 3.63) is 65.2 Å². The smallest absolute Gasteiger partial charge is 0.316 e. The SMILES string of the molecule is Cc1c(C(=O)NC2CCC(Oc3ncc(Cl)cn3)CC2)cnn1-c1ccccc1. The molecular formula is C21H22ClN5O2. The Morgan fingerprint density at radius 1 is 1.10 bits per heavy atom. The second kappa shape index (κ2) is 8.61. The van der Waals surface area contributed by atoms with Crippen LogP contribution in [0.15, 0.2) is 48.9 Å². The van der Waals surface area contributed by atoms with Gasteiger partial charge in [0, 0.05) is 6.04 Å². The van der Waals surface area contributed by atoms with E-state index in [1.165, 1.54) is 12.4 Å². The molecule has 1 aliphatic rings. The van der Waals surface area contributed by atoms with E-state index in [9.17, 15) is 4.79 Å². The van der Waals surface area contributed by atoms with Crippen LogP contribution in [0.2, 0.25) is 5.02 Å². The van der Waals surface area contributed by atoms with E-state index in [-0.39, 0.29) is 18.1 Å². The summed E-state index contributed by atoms with van der Waals surface area (Å²) < 4.78 is 7.60. The summed E-state index contributed by atoms with van der Waals surface area (Å²) in [5.41, 5.74) is 2.36. The number of benzene rings is 1. The van der Waals surface area contributed by atoms with Gasteiger partial charge in [0.15, 0.2) is 0 Å². The Balaban J connectivity index is 1.32. The molecule has 0 aliphatic heterocycles. The summed E-state index contributed by atoms with van der Waals surface area (Å²) in [4.78, 5) is 20.9. The first-order chi connectivity index (χ1) is 14.1. The van der Waals surface area contributed by atoms with Gasteiger partial charge in [-0.2, -0.15) is 5.10 Å². The molecule has 0 unspecified atom stereocenters. The minimum atomic E-state index is -0.0879. The van der Waals surface area contributed by atoms with Gasteiger partial charge in [0.05, 0.1) is 40.6 Å². The maximum atomic E-state index is 12.8. The number of aromatic nitrogens is 4. The van der Waals surface area contributed by atoms with Gasteiger partial charge in [-0.15, -0.1) is 0 Å². The van der Waals surface area contributed by atoms with Crippen molar-refractivity contribution in [1.82, 2.24) is 25.1 Å². The molecule has 0 saturated heterocycles. The van der Waals surface area contributed by atoms with E-state index in [1.807, 2.05) is 37.3 Å². The van der Waals surface area contributed by atoms with Crippen LogP contribution in [0.5, 0.6) is 6.01 Å². The number of para-hydroxylation sites is 1. The van der Waals surface area contributed by atoms with Crippen LogP contribution in [0.25, 0.3) is 5.69 Å². The zero-order valence-corrected chi connectivity index (χ0v) is 16.8. The predicted octanol–water partition coefficient (Wildman–Crippen LogP) is 3.74. The van der Waals surface area contributed by atoms with E-state index in [2.05, 4.69) is 20.4 Å². The van der Waals surface area contributed by atoms with Crippen molar-refractivity contribution in [3.8, 4) is 11.7 Å². The third-order valence-corrected chi connectivity index (χ3v) is 5.33. The van der Waals surface area contributed by atoms with Gasteiger partial charge in [0.1, 0.15) is 6.10 Å². The number of carbonyl (C=O) groups is 1. The Morgan fingerprint density at radius 2 is 1.79 bits per heavy atom. The standard InChI is InChI=1S/C21H22ClN5O2/c1-14-19(13-25-27(14)17-5-3-2-4-6-17)20(28)26-16-7-9-18(10-8-16)29-21-23-11-15(22)12-24-21/h2-6,11-13,16,18H,7-10H2,1H3,(H,26,28). The van der Waals surface area contributed by atoms with Gasteiger partial charge in [0.25, 0.3) is 5.91 Å². The van der Waals surface area contributed by atoms with Gasteiger partial charge in [-0.25, -0.2) is 14.6 Å². The number of halogens is 1. The van der Waals surface area contributed by atoms with Crippen LogP contribution < -0.4 is 10.1 Å². The van der Waals surface area contributed by atoms with Gasteiger partial charge in [0.2, 0.25) is 0 Å². The van der Waals surface area contributed by atoms with Crippen molar-refractivity contribution in [2.45, 2.75) is 44.8 Å². The molecule has 3 aromatic rings. The maximum absolute atomic E-state index is 12.8. The monoisotopic (exact) mass is 411 g/mol. The first-order valence-corrected chi connectivity index (χ1v) is 10.0. The van der Waals surface area contributed by atoms with Gasteiger partial charge >= 0.3 is 6.01 Å². The molecule has 2 aromatic heterocycles. The Labute approximate surface area is 174 Å². The molecule has 8 heteroatoms. The highest BCUT2D eigenvalue weighted by Gasteiger charge is 2.25. The van der Waals surface area contributed by atoms with Gasteiger partial charge < -0.3 is 10.1 Å². The number of carbonyl (C=O) groups excluding carboxylic acids is 1. The van der Waals surface area contributed by atoms with Gasteiger partial charge in [-0.05, 0) is 44.7 Å². The second-order valence-electron chi connectivity index (χ2n) is 7.14. The first kappa shape index (κ1) is 19.4. The minimum absolute atomic E-state index is 0.0481.